The Bertz CT molecular complexity index is 1430. The Morgan fingerprint density at radius 2 is 1.83 bits per heavy atom. The Kier molecular flexibility index (Phi) is 7.87. The lowest BCUT2D eigenvalue weighted by atomic mass is 10.1. The van der Waals surface area contributed by atoms with Crippen LogP contribution in [0.4, 0.5) is 0 Å². The fourth-order valence-corrected chi connectivity index (χ4v) is 4.16. The molecule has 0 aliphatic rings. The van der Waals surface area contributed by atoms with E-state index in [1.165, 1.54) is 4.68 Å². The van der Waals surface area contributed by atoms with Crippen molar-refractivity contribution in [3.8, 4) is 11.3 Å². The Balaban J connectivity index is 1.47. The molecule has 0 fully saturated rings. The monoisotopic (exact) mass is 505 g/mol. The van der Waals surface area contributed by atoms with Gasteiger partial charge in [0.05, 0.1) is 18.7 Å². The molecule has 8 nitrogen and oxygen atoms in total. The van der Waals surface area contributed by atoms with Gasteiger partial charge in [-0.05, 0) is 48.7 Å². The first-order valence-corrected chi connectivity index (χ1v) is 11.9. The molecule has 36 heavy (non-hydrogen) atoms. The molecule has 0 atom stereocenters. The highest BCUT2D eigenvalue weighted by molar-refractivity contribution is 6.30. The van der Waals surface area contributed by atoms with E-state index in [0.717, 1.165) is 33.5 Å². The minimum absolute atomic E-state index is 0.0483. The van der Waals surface area contributed by atoms with E-state index in [1.54, 1.807) is 24.4 Å². The predicted octanol–water partition coefficient (Wildman–Crippen LogP) is 3.83. The van der Waals surface area contributed by atoms with Gasteiger partial charge >= 0.3 is 0 Å². The average molecular weight is 506 g/mol. The number of nitrogens with zero attached hydrogens (tertiary/aromatic N) is 2. The normalized spacial score (nSPS) is 10.9. The maximum atomic E-state index is 13.2. The third-order valence-corrected chi connectivity index (χ3v) is 6.31. The maximum Gasteiger partial charge on any atom is 0.272 e. The van der Waals surface area contributed by atoms with Crippen LogP contribution in [0.25, 0.3) is 11.3 Å². The fraction of sp³-hybridized carbons (Fsp3) is 0.222. The summed E-state index contributed by atoms with van der Waals surface area (Å²) in [5, 5.41) is 7.53. The maximum absolute atomic E-state index is 13.2. The number of benzene rings is 2. The molecule has 4 rings (SSSR count). The number of rotatable bonds is 9. The van der Waals surface area contributed by atoms with Gasteiger partial charge in [0.15, 0.2) is 5.76 Å². The first-order valence-electron chi connectivity index (χ1n) is 11.6. The van der Waals surface area contributed by atoms with Gasteiger partial charge in [-0.3, -0.25) is 9.59 Å². The van der Waals surface area contributed by atoms with Crippen molar-refractivity contribution >= 4 is 17.5 Å². The standard InChI is InChI=1S/C27H28ClN5O3/c1-17-10-11-33(31-16-24-18(2)32-36-26(24)19-6-4-3-5-7-19)27(35)23(17)13-25(34)30-15-21-12-22(28)9-8-20(21)14-29/h3-12,31H,13-16,29H2,1-2H3,(H,30,34). The number of carbonyl (C=O) groups excluding carboxylic acids is 1. The second-order valence-electron chi connectivity index (χ2n) is 8.50. The van der Waals surface area contributed by atoms with Crippen molar-refractivity contribution in [3.63, 3.8) is 0 Å². The zero-order valence-corrected chi connectivity index (χ0v) is 20.9. The summed E-state index contributed by atoms with van der Waals surface area (Å²) in [6.07, 6.45) is 1.61. The minimum atomic E-state index is -0.286. The van der Waals surface area contributed by atoms with Crippen LogP contribution in [0.2, 0.25) is 5.02 Å². The minimum Gasteiger partial charge on any atom is -0.356 e. The van der Waals surface area contributed by atoms with E-state index >= 15 is 0 Å². The molecule has 0 saturated carbocycles. The van der Waals surface area contributed by atoms with Crippen LogP contribution in [-0.4, -0.2) is 15.7 Å². The number of hydrogen-bond donors (Lipinski definition) is 3. The Morgan fingerprint density at radius 1 is 1.06 bits per heavy atom. The number of aryl methyl sites for hydroxylation is 2. The van der Waals surface area contributed by atoms with E-state index in [4.69, 9.17) is 21.9 Å². The highest BCUT2D eigenvalue weighted by Gasteiger charge is 2.16. The molecule has 0 radical (unpaired) electrons. The number of amides is 1. The number of nitrogens with two attached hydrogens (primary N) is 1. The van der Waals surface area contributed by atoms with Crippen molar-refractivity contribution in [1.82, 2.24) is 15.1 Å². The summed E-state index contributed by atoms with van der Waals surface area (Å²) >= 11 is 6.08. The van der Waals surface area contributed by atoms with Crippen LogP contribution >= 0.6 is 11.6 Å². The first kappa shape index (κ1) is 25.2. The Morgan fingerprint density at radius 3 is 2.58 bits per heavy atom. The van der Waals surface area contributed by atoms with E-state index in [9.17, 15) is 9.59 Å². The average Bonchev–Trinajstić information content (AvgIpc) is 3.25. The molecule has 0 bridgehead atoms. The summed E-state index contributed by atoms with van der Waals surface area (Å²) in [5.74, 6) is 0.385. The molecule has 2 aromatic heterocycles. The van der Waals surface area contributed by atoms with Gasteiger partial charge in [-0.1, -0.05) is 53.2 Å². The van der Waals surface area contributed by atoms with Crippen molar-refractivity contribution in [1.29, 1.82) is 0 Å². The van der Waals surface area contributed by atoms with Gasteiger partial charge in [-0.2, -0.15) is 0 Å². The second-order valence-corrected chi connectivity index (χ2v) is 8.94. The van der Waals surface area contributed by atoms with E-state index in [2.05, 4.69) is 15.9 Å². The fourth-order valence-electron chi connectivity index (χ4n) is 3.96. The highest BCUT2D eigenvalue weighted by Crippen LogP contribution is 2.26. The van der Waals surface area contributed by atoms with Gasteiger partial charge in [0.1, 0.15) is 0 Å². The molecule has 1 amide bonds. The number of aromatic nitrogens is 2. The van der Waals surface area contributed by atoms with Crippen LogP contribution in [0.5, 0.6) is 0 Å². The van der Waals surface area contributed by atoms with Gasteiger partial charge < -0.3 is 21.0 Å². The molecule has 0 aliphatic carbocycles. The smallest absolute Gasteiger partial charge is 0.272 e. The summed E-state index contributed by atoms with van der Waals surface area (Å²) < 4.78 is 6.93. The largest absolute Gasteiger partial charge is 0.356 e. The van der Waals surface area contributed by atoms with Crippen molar-refractivity contribution in [3.05, 3.63) is 110 Å². The van der Waals surface area contributed by atoms with Gasteiger partial charge in [0.25, 0.3) is 5.56 Å². The van der Waals surface area contributed by atoms with E-state index < -0.39 is 0 Å². The Labute approximate surface area is 214 Å². The molecular formula is C27H28ClN5O3. The molecular weight excluding hydrogens is 478 g/mol. The zero-order chi connectivity index (χ0) is 25.7. The molecule has 4 N–H and O–H groups in total. The predicted molar refractivity (Wildman–Crippen MR) is 140 cm³/mol. The summed E-state index contributed by atoms with van der Waals surface area (Å²) in [6, 6.07) is 16.9. The van der Waals surface area contributed by atoms with E-state index in [-0.39, 0.29) is 24.4 Å². The molecule has 2 heterocycles. The zero-order valence-electron chi connectivity index (χ0n) is 20.2. The molecule has 9 heteroatoms. The lowest BCUT2D eigenvalue weighted by Crippen LogP contribution is -2.34. The molecule has 2 aromatic carbocycles. The summed E-state index contributed by atoms with van der Waals surface area (Å²) in [6.45, 7) is 4.62. The number of hydrogen-bond acceptors (Lipinski definition) is 6. The number of carbonyl (C=O) groups is 1. The van der Waals surface area contributed by atoms with Crippen LogP contribution in [0, 0.1) is 13.8 Å². The van der Waals surface area contributed by atoms with Crippen LogP contribution in [0.15, 0.2) is 70.1 Å². The quantitative estimate of drug-likeness (QED) is 0.318. The number of nitrogens with one attached hydrogen (secondary N) is 2. The van der Waals surface area contributed by atoms with Crippen molar-refractivity contribution in [2.45, 2.75) is 39.9 Å². The second kappa shape index (κ2) is 11.2. The lowest BCUT2D eigenvalue weighted by molar-refractivity contribution is -0.120. The van der Waals surface area contributed by atoms with Gasteiger partial charge in [-0.25, -0.2) is 4.68 Å². The third kappa shape index (κ3) is 5.67. The van der Waals surface area contributed by atoms with E-state index in [0.29, 0.717) is 29.4 Å². The third-order valence-electron chi connectivity index (χ3n) is 6.07. The number of pyridine rings is 1. The number of halogens is 1. The van der Waals surface area contributed by atoms with Crippen molar-refractivity contribution in [2.75, 3.05) is 5.43 Å². The molecule has 4 aromatic rings. The van der Waals surface area contributed by atoms with E-state index in [1.807, 2.05) is 50.2 Å². The van der Waals surface area contributed by atoms with Crippen LogP contribution in [0.3, 0.4) is 0 Å². The molecule has 0 unspecified atom stereocenters. The summed E-state index contributed by atoms with van der Waals surface area (Å²) in [7, 11) is 0. The van der Waals surface area contributed by atoms with Crippen LogP contribution in [0.1, 0.15) is 33.5 Å². The SMILES string of the molecule is Cc1ccn(NCc2c(C)noc2-c2ccccc2)c(=O)c1CC(=O)NCc1cc(Cl)ccc1CN. The van der Waals surface area contributed by atoms with Crippen molar-refractivity contribution in [2.24, 2.45) is 5.73 Å². The van der Waals surface area contributed by atoms with Crippen LogP contribution in [-0.2, 0) is 30.8 Å². The summed E-state index contributed by atoms with van der Waals surface area (Å²) in [5.41, 5.74) is 14.0. The Hall–Kier alpha value is -3.88. The molecule has 0 aliphatic heterocycles. The molecule has 0 saturated heterocycles. The van der Waals surface area contributed by atoms with Crippen molar-refractivity contribution < 1.29 is 9.32 Å². The van der Waals surface area contributed by atoms with Crippen LogP contribution < -0.4 is 22.0 Å². The molecule has 186 valence electrons. The highest BCUT2D eigenvalue weighted by atomic mass is 35.5. The van der Waals surface area contributed by atoms with Gasteiger partial charge in [0.2, 0.25) is 5.91 Å². The first-order chi connectivity index (χ1) is 17.4. The topological polar surface area (TPSA) is 115 Å². The summed E-state index contributed by atoms with van der Waals surface area (Å²) in [4.78, 5) is 25.9. The van der Waals surface area contributed by atoms with Gasteiger partial charge in [0, 0.05) is 41.0 Å². The molecule has 0 spiro atoms. The van der Waals surface area contributed by atoms with Gasteiger partial charge in [-0.15, -0.1) is 0 Å². The lowest BCUT2D eigenvalue weighted by Gasteiger charge is -2.14.